The molecule has 0 radical (unpaired) electrons. The molecule has 3 heterocycles. The Bertz CT molecular complexity index is 1270. The number of aromatic nitrogens is 5. The van der Waals surface area contributed by atoms with Crippen molar-refractivity contribution in [3.05, 3.63) is 48.5 Å². The smallest absolute Gasteiger partial charge is 0.236 e. The Hall–Kier alpha value is -2.85. The fourth-order valence-electron chi connectivity index (χ4n) is 4.28. The molecule has 1 aliphatic carbocycles. The zero-order valence-electron chi connectivity index (χ0n) is 18.1. The summed E-state index contributed by atoms with van der Waals surface area (Å²) in [6.45, 7) is 2.27. The minimum atomic E-state index is -0.319. The molecule has 4 aromatic rings. The normalized spacial score (nSPS) is 18.5. The Morgan fingerprint density at radius 2 is 2.15 bits per heavy atom. The van der Waals surface area contributed by atoms with Gasteiger partial charge in [0, 0.05) is 24.0 Å². The highest BCUT2D eigenvalue weighted by Gasteiger charge is 2.29. The van der Waals surface area contributed by atoms with E-state index in [1.807, 2.05) is 12.1 Å². The van der Waals surface area contributed by atoms with E-state index in [2.05, 4.69) is 37.0 Å². The minimum Gasteiger partial charge on any atom is -0.301 e. The lowest BCUT2D eigenvalue weighted by atomic mass is 9.85. The average molecular weight is 483 g/mol. The zero-order chi connectivity index (χ0) is 22.8. The molecule has 0 saturated heterocycles. The van der Waals surface area contributed by atoms with Crippen LogP contribution in [-0.4, -0.2) is 36.4 Å². The molecule has 1 N–H and O–H groups in total. The Kier molecular flexibility index (Phi) is 6.37. The van der Waals surface area contributed by atoms with E-state index in [9.17, 15) is 9.18 Å². The van der Waals surface area contributed by atoms with Gasteiger partial charge in [-0.05, 0) is 49.1 Å². The number of halogens is 1. The van der Waals surface area contributed by atoms with Gasteiger partial charge in [0.15, 0.2) is 16.1 Å². The SMILES string of the molecule is CC1CCCCC1n1c(SCC(=O)Nc2nc3ccc(F)cc3s2)nnc1-c1cccnc1. The molecule has 2 atom stereocenters. The number of thioether (sulfide) groups is 1. The van der Waals surface area contributed by atoms with Crippen molar-refractivity contribution in [2.24, 2.45) is 5.92 Å². The predicted molar refractivity (Wildman–Crippen MR) is 129 cm³/mol. The Morgan fingerprint density at radius 3 is 2.97 bits per heavy atom. The van der Waals surface area contributed by atoms with Crippen LogP contribution in [0.2, 0.25) is 0 Å². The van der Waals surface area contributed by atoms with Crippen LogP contribution in [0.1, 0.15) is 38.6 Å². The minimum absolute atomic E-state index is 0.177. The molecule has 5 rings (SSSR count). The van der Waals surface area contributed by atoms with Crippen molar-refractivity contribution in [2.75, 3.05) is 11.1 Å². The summed E-state index contributed by atoms with van der Waals surface area (Å²) in [5, 5.41) is 12.9. The first-order valence-electron chi connectivity index (χ1n) is 10.9. The molecule has 1 saturated carbocycles. The van der Waals surface area contributed by atoms with Crippen LogP contribution in [0.4, 0.5) is 9.52 Å². The van der Waals surface area contributed by atoms with Crippen LogP contribution in [0.3, 0.4) is 0 Å². The molecule has 1 amide bonds. The van der Waals surface area contributed by atoms with Crippen molar-refractivity contribution in [2.45, 2.75) is 43.8 Å². The number of anilines is 1. The van der Waals surface area contributed by atoms with E-state index in [0.29, 0.717) is 21.3 Å². The van der Waals surface area contributed by atoms with Gasteiger partial charge in [-0.2, -0.15) is 0 Å². The maximum absolute atomic E-state index is 13.4. The quantitative estimate of drug-likeness (QED) is 0.362. The monoisotopic (exact) mass is 482 g/mol. The van der Waals surface area contributed by atoms with Crippen LogP contribution >= 0.6 is 23.1 Å². The molecule has 1 aliphatic rings. The Morgan fingerprint density at radius 1 is 1.27 bits per heavy atom. The zero-order valence-corrected chi connectivity index (χ0v) is 19.7. The van der Waals surface area contributed by atoms with Gasteiger partial charge >= 0.3 is 0 Å². The van der Waals surface area contributed by atoms with E-state index >= 15 is 0 Å². The number of benzene rings is 1. The fraction of sp³-hybridized carbons (Fsp3) is 0.348. The van der Waals surface area contributed by atoms with Gasteiger partial charge in [-0.3, -0.25) is 14.3 Å². The number of pyridine rings is 1. The standard InChI is InChI=1S/C23H23FN6OS2/c1-14-5-2-3-7-18(14)30-21(15-6-4-10-25-12-15)28-29-23(30)32-13-20(31)27-22-26-17-9-8-16(24)11-19(17)33-22/h4,6,8-12,14,18H,2-3,5,7,13H2,1H3,(H,26,27,31). The van der Waals surface area contributed by atoms with Crippen molar-refractivity contribution in [1.29, 1.82) is 0 Å². The number of amides is 1. The van der Waals surface area contributed by atoms with Crippen molar-refractivity contribution >= 4 is 44.4 Å². The molecule has 10 heteroatoms. The van der Waals surface area contributed by atoms with E-state index in [4.69, 9.17) is 0 Å². The largest absolute Gasteiger partial charge is 0.301 e. The highest BCUT2D eigenvalue weighted by atomic mass is 32.2. The molecule has 0 spiro atoms. The Balaban J connectivity index is 1.35. The lowest BCUT2D eigenvalue weighted by Crippen LogP contribution is -2.23. The molecule has 1 aromatic carbocycles. The number of hydrogen-bond donors (Lipinski definition) is 1. The molecular formula is C23H23FN6OS2. The molecule has 2 unspecified atom stereocenters. The number of fused-ring (bicyclic) bond motifs is 1. The van der Waals surface area contributed by atoms with Crippen LogP contribution in [0.15, 0.2) is 47.9 Å². The van der Waals surface area contributed by atoms with E-state index in [0.717, 1.165) is 29.4 Å². The van der Waals surface area contributed by atoms with E-state index in [1.165, 1.54) is 48.1 Å². The van der Waals surface area contributed by atoms with Crippen LogP contribution < -0.4 is 5.32 Å². The first-order valence-corrected chi connectivity index (χ1v) is 12.7. The topological polar surface area (TPSA) is 85.6 Å². The van der Waals surface area contributed by atoms with Crippen LogP contribution in [0.5, 0.6) is 0 Å². The third-order valence-electron chi connectivity index (χ3n) is 5.91. The number of nitrogens with zero attached hydrogens (tertiary/aromatic N) is 5. The first-order chi connectivity index (χ1) is 16.1. The summed E-state index contributed by atoms with van der Waals surface area (Å²) >= 11 is 2.63. The van der Waals surface area contributed by atoms with Crippen molar-refractivity contribution in [1.82, 2.24) is 24.7 Å². The van der Waals surface area contributed by atoms with Crippen LogP contribution in [0, 0.1) is 11.7 Å². The fourth-order valence-corrected chi connectivity index (χ4v) is 5.98. The maximum Gasteiger partial charge on any atom is 0.236 e. The van der Waals surface area contributed by atoms with Gasteiger partial charge in [0.2, 0.25) is 5.91 Å². The molecule has 33 heavy (non-hydrogen) atoms. The summed E-state index contributed by atoms with van der Waals surface area (Å²) in [5.74, 6) is 0.963. The molecule has 0 bridgehead atoms. The number of hydrogen-bond acceptors (Lipinski definition) is 7. The predicted octanol–water partition coefficient (Wildman–Crippen LogP) is 5.57. The molecule has 1 fully saturated rings. The summed E-state index contributed by atoms with van der Waals surface area (Å²) < 4.78 is 16.3. The van der Waals surface area contributed by atoms with E-state index < -0.39 is 0 Å². The number of rotatable bonds is 6. The van der Waals surface area contributed by atoms with Crippen LogP contribution in [-0.2, 0) is 4.79 Å². The molecule has 3 aromatic heterocycles. The first kappa shape index (κ1) is 22.0. The lowest BCUT2D eigenvalue weighted by molar-refractivity contribution is -0.113. The highest BCUT2D eigenvalue weighted by molar-refractivity contribution is 7.99. The number of carbonyl (C=O) groups excluding carboxylic acids is 1. The third-order valence-corrected chi connectivity index (χ3v) is 7.79. The lowest BCUT2D eigenvalue weighted by Gasteiger charge is -2.31. The van der Waals surface area contributed by atoms with Gasteiger partial charge in [0.25, 0.3) is 0 Å². The van der Waals surface area contributed by atoms with E-state index in [-0.39, 0.29) is 23.5 Å². The van der Waals surface area contributed by atoms with Gasteiger partial charge < -0.3 is 5.32 Å². The maximum atomic E-state index is 13.4. The van der Waals surface area contributed by atoms with Gasteiger partial charge in [-0.1, -0.05) is 42.9 Å². The van der Waals surface area contributed by atoms with Gasteiger partial charge in [0.1, 0.15) is 5.82 Å². The van der Waals surface area contributed by atoms with E-state index in [1.54, 1.807) is 18.5 Å². The van der Waals surface area contributed by atoms with Gasteiger partial charge in [-0.25, -0.2) is 9.37 Å². The van der Waals surface area contributed by atoms with Gasteiger partial charge in [-0.15, -0.1) is 10.2 Å². The third kappa shape index (κ3) is 4.77. The summed E-state index contributed by atoms with van der Waals surface area (Å²) in [5.41, 5.74) is 1.58. The Labute approximate surface area is 198 Å². The summed E-state index contributed by atoms with van der Waals surface area (Å²) in [4.78, 5) is 21.3. The highest BCUT2D eigenvalue weighted by Crippen LogP contribution is 2.39. The second-order valence-electron chi connectivity index (χ2n) is 8.21. The second-order valence-corrected chi connectivity index (χ2v) is 10.2. The summed E-state index contributed by atoms with van der Waals surface area (Å²) in [6.07, 6.45) is 8.17. The van der Waals surface area contributed by atoms with Crippen LogP contribution in [0.25, 0.3) is 21.6 Å². The number of thiazole rings is 1. The van der Waals surface area contributed by atoms with Crippen molar-refractivity contribution < 1.29 is 9.18 Å². The molecular weight excluding hydrogens is 459 g/mol. The summed E-state index contributed by atoms with van der Waals surface area (Å²) in [6, 6.07) is 8.56. The molecule has 7 nitrogen and oxygen atoms in total. The van der Waals surface area contributed by atoms with Crippen molar-refractivity contribution in [3.63, 3.8) is 0 Å². The van der Waals surface area contributed by atoms with Crippen molar-refractivity contribution in [3.8, 4) is 11.4 Å². The molecule has 0 aliphatic heterocycles. The average Bonchev–Trinajstić information content (AvgIpc) is 3.42. The second kappa shape index (κ2) is 9.56. The summed E-state index contributed by atoms with van der Waals surface area (Å²) in [7, 11) is 0. The number of nitrogens with one attached hydrogen (secondary N) is 1. The number of carbonyl (C=O) groups is 1. The molecule has 170 valence electrons. The van der Waals surface area contributed by atoms with Gasteiger partial charge in [0.05, 0.1) is 16.0 Å².